The number of pyridine rings is 1. The Labute approximate surface area is 266 Å². The molecule has 20 heteroatoms. The fourth-order valence-corrected chi connectivity index (χ4v) is 5.20. The first-order valence-electron chi connectivity index (χ1n) is 13.4. The number of carboxylic acid groups (broad SMARTS) is 3. The van der Waals surface area contributed by atoms with Gasteiger partial charge in [-0.3, -0.25) is 14.8 Å². The van der Waals surface area contributed by atoms with Crippen molar-refractivity contribution in [3.63, 3.8) is 0 Å². The van der Waals surface area contributed by atoms with Crippen molar-refractivity contribution in [3.8, 4) is 0 Å². The summed E-state index contributed by atoms with van der Waals surface area (Å²) in [4.78, 5) is 38.7. The third-order valence-electron chi connectivity index (χ3n) is 6.66. The number of aliphatic carboxylic acids is 3. The molecule has 47 heavy (non-hydrogen) atoms. The molecule has 2 aromatic rings. The number of hydrogen-bond donors (Lipinski definition) is 3. The van der Waals surface area contributed by atoms with Crippen molar-refractivity contribution in [1.29, 1.82) is 0 Å². The van der Waals surface area contributed by atoms with Crippen LogP contribution in [0.3, 0.4) is 0 Å². The summed E-state index contributed by atoms with van der Waals surface area (Å²) in [5.41, 5.74) is 1.43. The monoisotopic (exact) mass is 713 g/mol. The molecule has 1 unspecified atom stereocenters. The Morgan fingerprint density at radius 3 is 1.72 bits per heavy atom. The van der Waals surface area contributed by atoms with Crippen molar-refractivity contribution >= 4 is 29.2 Å². The standard InChI is InChI=1S/C21H29N3OS.3C2HF3O2/c1-17-3-4-20(26-17)15-24-11-7-21(8-12-24)13-19(16-25-21)23(2)14-18-5-9-22-10-6-18;3*3-2(4,5)1(6)7/h3-6,9-10,19H,7-8,11-16H2,1-2H3;3*(H,6,7). The van der Waals surface area contributed by atoms with Gasteiger partial charge in [-0.1, -0.05) is 0 Å². The van der Waals surface area contributed by atoms with E-state index in [1.165, 1.54) is 21.7 Å². The molecule has 3 N–H and O–H groups in total. The molecule has 266 valence electrons. The fraction of sp³-hybridized carbons (Fsp3) is 0.556. The van der Waals surface area contributed by atoms with Crippen molar-refractivity contribution < 1.29 is 74.0 Å². The lowest BCUT2D eigenvalue weighted by atomic mass is 9.87. The molecule has 2 aliphatic rings. The second kappa shape index (κ2) is 17.6. The highest BCUT2D eigenvalue weighted by molar-refractivity contribution is 7.11. The SMILES string of the molecule is Cc1ccc(CN2CCC3(CC2)CC(N(C)Cc2ccncc2)CO3)s1.O=C(O)C(F)(F)F.O=C(O)C(F)(F)F.O=C(O)C(F)(F)F. The average molecular weight is 714 g/mol. The Kier molecular flexibility index (Phi) is 15.6. The fourth-order valence-electron chi connectivity index (χ4n) is 4.27. The number of likely N-dealkylation sites (tertiary alicyclic amines) is 1. The van der Waals surface area contributed by atoms with Gasteiger partial charge in [0.15, 0.2) is 0 Å². The molecule has 0 amide bonds. The van der Waals surface area contributed by atoms with Crippen molar-refractivity contribution in [2.75, 3.05) is 26.7 Å². The summed E-state index contributed by atoms with van der Waals surface area (Å²) in [6.45, 7) is 7.42. The van der Waals surface area contributed by atoms with E-state index in [-0.39, 0.29) is 5.60 Å². The van der Waals surface area contributed by atoms with Gasteiger partial charge in [-0.15, -0.1) is 11.3 Å². The van der Waals surface area contributed by atoms with Gasteiger partial charge in [0.25, 0.3) is 0 Å². The number of alkyl halides is 9. The molecule has 1 spiro atoms. The lowest BCUT2D eigenvalue weighted by Crippen LogP contribution is -2.44. The minimum Gasteiger partial charge on any atom is -0.475 e. The van der Waals surface area contributed by atoms with E-state index in [0.29, 0.717) is 6.04 Å². The molecule has 0 aromatic carbocycles. The van der Waals surface area contributed by atoms with Gasteiger partial charge in [0.05, 0.1) is 12.2 Å². The maximum atomic E-state index is 10.6. The molecule has 4 rings (SSSR count). The minimum absolute atomic E-state index is 0.110. The van der Waals surface area contributed by atoms with Crippen molar-refractivity contribution in [2.45, 2.75) is 69.4 Å². The molecule has 0 saturated carbocycles. The Morgan fingerprint density at radius 1 is 0.894 bits per heavy atom. The molecule has 2 aliphatic heterocycles. The third kappa shape index (κ3) is 15.8. The highest BCUT2D eigenvalue weighted by Gasteiger charge is 2.44. The van der Waals surface area contributed by atoms with Gasteiger partial charge in [0.1, 0.15) is 0 Å². The average Bonchev–Trinajstić information content (AvgIpc) is 3.56. The Balaban J connectivity index is 0.000000430. The highest BCUT2D eigenvalue weighted by Crippen LogP contribution is 2.38. The summed E-state index contributed by atoms with van der Waals surface area (Å²) in [5.74, 6) is -8.27. The van der Waals surface area contributed by atoms with Crippen LogP contribution in [0, 0.1) is 6.92 Å². The van der Waals surface area contributed by atoms with Crippen LogP contribution in [0.15, 0.2) is 36.7 Å². The molecule has 10 nitrogen and oxygen atoms in total. The maximum Gasteiger partial charge on any atom is 0.490 e. The zero-order valence-electron chi connectivity index (χ0n) is 24.8. The van der Waals surface area contributed by atoms with Crippen LogP contribution in [-0.4, -0.2) is 105 Å². The molecular formula is C27H32F9N3O7S. The summed E-state index contributed by atoms with van der Waals surface area (Å²) < 4.78 is 102. The topological polar surface area (TPSA) is 140 Å². The second-order valence-corrected chi connectivity index (χ2v) is 11.7. The van der Waals surface area contributed by atoms with E-state index >= 15 is 0 Å². The van der Waals surface area contributed by atoms with E-state index in [4.69, 9.17) is 34.4 Å². The van der Waals surface area contributed by atoms with Crippen LogP contribution in [0.1, 0.15) is 34.6 Å². The Morgan fingerprint density at radius 2 is 1.34 bits per heavy atom. The number of aryl methyl sites for hydroxylation is 1. The first-order chi connectivity index (χ1) is 21.4. The summed E-state index contributed by atoms with van der Waals surface area (Å²) in [5, 5.41) is 21.4. The Bertz CT molecular complexity index is 1220. The third-order valence-corrected chi connectivity index (χ3v) is 7.65. The number of rotatable bonds is 5. The molecular weight excluding hydrogens is 681 g/mol. The number of aromatic nitrogens is 1. The molecule has 2 saturated heterocycles. The van der Waals surface area contributed by atoms with Crippen molar-refractivity contribution in [1.82, 2.24) is 14.8 Å². The smallest absolute Gasteiger partial charge is 0.475 e. The quantitative estimate of drug-likeness (QED) is 0.335. The number of thiophene rings is 1. The summed E-state index contributed by atoms with van der Waals surface area (Å²) in [6.07, 6.45) is -8.00. The van der Waals surface area contributed by atoms with E-state index < -0.39 is 36.4 Å². The van der Waals surface area contributed by atoms with Crippen LogP contribution < -0.4 is 0 Å². The van der Waals surface area contributed by atoms with Crippen LogP contribution in [0.2, 0.25) is 0 Å². The molecule has 0 radical (unpaired) electrons. The highest BCUT2D eigenvalue weighted by atomic mass is 32.1. The predicted octanol–water partition coefficient (Wildman–Crippen LogP) is 5.61. The van der Waals surface area contributed by atoms with Gasteiger partial charge in [-0.05, 0) is 63.1 Å². The van der Waals surface area contributed by atoms with Gasteiger partial charge in [0, 0.05) is 54.4 Å². The number of hydrogen-bond acceptors (Lipinski definition) is 8. The van der Waals surface area contributed by atoms with E-state index in [9.17, 15) is 39.5 Å². The van der Waals surface area contributed by atoms with Crippen molar-refractivity contribution in [3.05, 3.63) is 52.0 Å². The molecule has 0 bridgehead atoms. The van der Waals surface area contributed by atoms with E-state index in [0.717, 1.165) is 45.6 Å². The lowest BCUT2D eigenvalue weighted by Gasteiger charge is -2.38. The first-order valence-corrected chi connectivity index (χ1v) is 14.2. The van der Waals surface area contributed by atoms with Crippen LogP contribution in [0.5, 0.6) is 0 Å². The van der Waals surface area contributed by atoms with Crippen LogP contribution >= 0.6 is 11.3 Å². The van der Waals surface area contributed by atoms with E-state index in [1.807, 2.05) is 23.7 Å². The number of ether oxygens (including phenoxy) is 1. The number of piperidine rings is 1. The summed E-state index contributed by atoms with van der Waals surface area (Å²) >= 11 is 1.93. The van der Waals surface area contributed by atoms with Gasteiger partial charge in [0.2, 0.25) is 0 Å². The number of carboxylic acids is 3. The van der Waals surface area contributed by atoms with Crippen molar-refractivity contribution in [2.24, 2.45) is 0 Å². The van der Waals surface area contributed by atoms with Gasteiger partial charge < -0.3 is 20.1 Å². The predicted molar refractivity (Wildman–Crippen MR) is 147 cm³/mol. The van der Waals surface area contributed by atoms with Crippen LogP contribution in [0.25, 0.3) is 0 Å². The van der Waals surface area contributed by atoms with Gasteiger partial charge >= 0.3 is 36.4 Å². The normalized spacial score (nSPS) is 17.8. The maximum absolute atomic E-state index is 10.6. The van der Waals surface area contributed by atoms with Gasteiger partial charge in [-0.25, -0.2) is 14.4 Å². The molecule has 0 aliphatic carbocycles. The zero-order valence-corrected chi connectivity index (χ0v) is 25.6. The number of likely N-dealkylation sites (N-methyl/N-ethyl adjacent to an activating group) is 1. The van der Waals surface area contributed by atoms with E-state index in [2.05, 4.69) is 53.0 Å². The molecule has 2 fully saturated rings. The largest absolute Gasteiger partial charge is 0.490 e. The summed E-state index contributed by atoms with van der Waals surface area (Å²) in [6, 6.07) is 9.24. The molecule has 2 aromatic heterocycles. The molecule has 4 heterocycles. The minimum atomic E-state index is -5.08. The lowest BCUT2D eigenvalue weighted by molar-refractivity contribution is -0.193. The first kappa shape index (κ1) is 41.5. The zero-order chi connectivity index (χ0) is 36.2. The van der Waals surface area contributed by atoms with E-state index in [1.54, 1.807) is 0 Å². The second-order valence-electron chi connectivity index (χ2n) is 10.3. The molecule has 1 atom stereocenters. The number of carbonyl (C=O) groups is 3. The Hall–Kier alpha value is -3.49. The summed E-state index contributed by atoms with van der Waals surface area (Å²) in [7, 11) is 2.22. The number of nitrogens with zero attached hydrogens (tertiary/aromatic N) is 3. The van der Waals surface area contributed by atoms with Crippen LogP contribution in [0.4, 0.5) is 39.5 Å². The van der Waals surface area contributed by atoms with Crippen LogP contribution in [-0.2, 0) is 32.2 Å². The number of halogens is 9. The van der Waals surface area contributed by atoms with Gasteiger partial charge in [-0.2, -0.15) is 39.5 Å².